The van der Waals surface area contributed by atoms with Crippen LogP contribution in [0.5, 0.6) is 0 Å². The van der Waals surface area contributed by atoms with Crippen LogP contribution in [-0.4, -0.2) is 30.7 Å². The van der Waals surface area contributed by atoms with Gasteiger partial charge in [-0.25, -0.2) is 4.98 Å². The molecule has 2 aliphatic carbocycles. The minimum absolute atomic E-state index is 0.587. The Morgan fingerprint density at radius 2 is 1.78 bits per heavy atom. The maximum atomic E-state index is 4.86. The molecular formula is C16H22N6S. The summed E-state index contributed by atoms with van der Waals surface area (Å²) in [6.07, 6.45) is 9.11. The Bertz CT molecular complexity index is 697. The third-order valence-electron chi connectivity index (χ3n) is 5.40. The summed E-state index contributed by atoms with van der Waals surface area (Å²) in [5, 5.41) is 9.90. The van der Waals surface area contributed by atoms with Crippen molar-refractivity contribution in [1.82, 2.24) is 24.1 Å². The fourth-order valence-electron chi connectivity index (χ4n) is 3.87. The molecule has 2 fully saturated rings. The third-order valence-corrected chi connectivity index (χ3v) is 6.19. The molecule has 0 spiro atoms. The molecule has 0 saturated heterocycles. The summed E-state index contributed by atoms with van der Waals surface area (Å²) in [6.45, 7) is 2.79. The largest absolute Gasteiger partial charge is 0.338 e. The molecule has 0 unspecified atom stereocenters. The molecule has 3 aliphatic rings. The van der Waals surface area contributed by atoms with Crippen LogP contribution in [0.1, 0.15) is 74.3 Å². The van der Waals surface area contributed by atoms with Crippen molar-refractivity contribution in [3.05, 3.63) is 17.5 Å². The molecule has 0 bridgehead atoms. The molecule has 0 amide bonds. The van der Waals surface area contributed by atoms with Gasteiger partial charge in [-0.05, 0) is 25.7 Å². The lowest BCUT2D eigenvalue weighted by Gasteiger charge is -2.27. The molecule has 2 saturated carbocycles. The van der Waals surface area contributed by atoms with Gasteiger partial charge >= 0.3 is 0 Å². The van der Waals surface area contributed by atoms with Crippen LogP contribution in [0.15, 0.2) is 0 Å². The molecule has 2 aromatic rings. The summed E-state index contributed by atoms with van der Waals surface area (Å²) in [6, 6.07) is 0. The van der Waals surface area contributed by atoms with Crippen molar-refractivity contribution < 1.29 is 0 Å². The molecule has 5 rings (SSSR count). The molecule has 7 heteroatoms. The van der Waals surface area contributed by atoms with Gasteiger partial charge in [0.15, 0.2) is 5.82 Å². The zero-order chi connectivity index (χ0) is 15.2. The SMILES string of the molecule is C1CCC(c2nsc(N3CCn4c(nnc4C4CC4)C3)n2)CC1. The topological polar surface area (TPSA) is 59.7 Å². The Labute approximate surface area is 140 Å². The van der Waals surface area contributed by atoms with Gasteiger partial charge in [-0.15, -0.1) is 10.2 Å². The minimum Gasteiger partial charge on any atom is -0.338 e. The number of nitrogens with zero attached hydrogens (tertiary/aromatic N) is 6. The van der Waals surface area contributed by atoms with Crippen LogP contribution < -0.4 is 4.90 Å². The fourth-order valence-corrected chi connectivity index (χ4v) is 4.64. The van der Waals surface area contributed by atoms with E-state index >= 15 is 0 Å². The summed E-state index contributed by atoms with van der Waals surface area (Å²) in [4.78, 5) is 7.18. The molecule has 2 aromatic heterocycles. The third kappa shape index (κ3) is 2.55. The van der Waals surface area contributed by atoms with Gasteiger partial charge < -0.3 is 9.47 Å². The second-order valence-electron chi connectivity index (χ2n) is 7.09. The van der Waals surface area contributed by atoms with E-state index in [2.05, 4.69) is 24.0 Å². The molecule has 23 heavy (non-hydrogen) atoms. The minimum atomic E-state index is 0.587. The molecule has 1 aliphatic heterocycles. The average Bonchev–Trinajstić information content (AvgIpc) is 3.17. The van der Waals surface area contributed by atoms with Gasteiger partial charge in [0, 0.05) is 36.5 Å². The van der Waals surface area contributed by atoms with Crippen molar-refractivity contribution in [1.29, 1.82) is 0 Å². The molecule has 122 valence electrons. The van der Waals surface area contributed by atoms with Gasteiger partial charge in [0.25, 0.3) is 0 Å². The number of anilines is 1. The van der Waals surface area contributed by atoms with Crippen LogP contribution in [0.25, 0.3) is 0 Å². The van der Waals surface area contributed by atoms with Crippen LogP contribution >= 0.6 is 11.5 Å². The fraction of sp³-hybridized carbons (Fsp3) is 0.750. The van der Waals surface area contributed by atoms with Crippen molar-refractivity contribution >= 4 is 16.7 Å². The summed E-state index contributed by atoms with van der Waals surface area (Å²) in [7, 11) is 0. The first kappa shape index (κ1) is 13.9. The average molecular weight is 330 g/mol. The van der Waals surface area contributed by atoms with E-state index in [1.54, 1.807) is 11.5 Å². The molecule has 0 aromatic carbocycles. The van der Waals surface area contributed by atoms with Gasteiger partial charge in [-0.3, -0.25) is 0 Å². The summed E-state index contributed by atoms with van der Waals surface area (Å²) in [5.74, 6) is 4.63. The normalized spacial score (nSPS) is 22.3. The molecule has 6 nitrogen and oxygen atoms in total. The summed E-state index contributed by atoms with van der Waals surface area (Å²) < 4.78 is 6.99. The molecule has 0 atom stereocenters. The standard InChI is InChI=1S/C16H22N6S/c1-2-4-11(5-3-1)14-17-16(23-20-14)21-8-9-22-13(10-21)18-19-15(22)12-6-7-12/h11-12H,1-10H2. The highest BCUT2D eigenvalue weighted by atomic mass is 32.1. The van der Waals surface area contributed by atoms with Crippen LogP contribution in [0.4, 0.5) is 5.13 Å². The lowest BCUT2D eigenvalue weighted by atomic mass is 9.89. The second kappa shape index (κ2) is 5.54. The Hall–Kier alpha value is -1.50. The van der Waals surface area contributed by atoms with Gasteiger partial charge in [0.05, 0.1) is 6.54 Å². The van der Waals surface area contributed by atoms with Crippen molar-refractivity contribution in [2.45, 2.75) is 69.9 Å². The van der Waals surface area contributed by atoms with E-state index < -0.39 is 0 Å². The monoisotopic (exact) mass is 330 g/mol. The Morgan fingerprint density at radius 3 is 2.61 bits per heavy atom. The first-order valence-electron chi connectivity index (χ1n) is 8.89. The predicted molar refractivity (Wildman–Crippen MR) is 88.8 cm³/mol. The highest BCUT2D eigenvalue weighted by molar-refractivity contribution is 7.09. The van der Waals surface area contributed by atoms with Crippen LogP contribution in [0.3, 0.4) is 0 Å². The van der Waals surface area contributed by atoms with Crippen molar-refractivity contribution in [3.63, 3.8) is 0 Å². The van der Waals surface area contributed by atoms with Crippen LogP contribution in [0, 0.1) is 0 Å². The highest BCUT2D eigenvalue weighted by Gasteiger charge is 2.32. The van der Waals surface area contributed by atoms with Gasteiger partial charge in [-0.2, -0.15) is 4.37 Å². The predicted octanol–water partition coefficient (Wildman–Crippen LogP) is 3.07. The lowest BCUT2D eigenvalue weighted by molar-refractivity contribution is 0.431. The summed E-state index contributed by atoms with van der Waals surface area (Å²) in [5.41, 5.74) is 0. The van der Waals surface area contributed by atoms with Crippen LogP contribution in [-0.2, 0) is 13.1 Å². The van der Waals surface area contributed by atoms with E-state index in [0.717, 1.165) is 36.4 Å². The van der Waals surface area contributed by atoms with E-state index in [0.29, 0.717) is 11.8 Å². The van der Waals surface area contributed by atoms with Gasteiger partial charge in [-0.1, -0.05) is 19.3 Å². The van der Waals surface area contributed by atoms with E-state index in [1.165, 1.54) is 50.8 Å². The zero-order valence-electron chi connectivity index (χ0n) is 13.3. The van der Waals surface area contributed by atoms with Gasteiger partial charge in [0.2, 0.25) is 5.13 Å². The number of fused-ring (bicyclic) bond motifs is 1. The van der Waals surface area contributed by atoms with Crippen molar-refractivity contribution in [2.24, 2.45) is 0 Å². The van der Waals surface area contributed by atoms with E-state index in [9.17, 15) is 0 Å². The highest BCUT2D eigenvalue weighted by Crippen LogP contribution is 2.40. The Morgan fingerprint density at radius 1 is 0.913 bits per heavy atom. The van der Waals surface area contributed by atoms with Crippen molar-refractivity contribution in [3.8, 4) is 0 Å². The van der Waals surface area contributed by atoms with Crippen LogP contribution in [0.2, 0.25) is 0 Å². The Kier molecular flexibility index (Phi) is 3.35. The molecular weight excluding hydrogens is 308 g/mol. The number of aromatic nitrogens is 5. The molecule has 0 N–H and O–H groups in total. The smallest absolute Gasteiger partial charge is 0.205 e. The Balaban J connectivity index is 1.33. The second-order valence-corrected chi connectivity index (χ2v) is 7.82. The lowest BCUT2D eigenvalue weighted by Crippen LogP contribution is -2.34. The van der Waals surface area contributed by atoms with Crippen molar-refractivity contribution in [2.75, 3.05) is 11.4 Å². The first-order chi connectivity index (χ1) is 11.4. The maximum absolute atomic E-state index is 4.86. The summed E-state index contributed by atoms with van der Waals surface area (Å²) >= 11 is 1.56. The first-order valence-corrected chi connectivity index (χ1v) is 9.66. The quantitative estimate of drug-likeness (QED) is 0.865. The molecule has 0 radical (unpaired) electrons. The maximum Gasteiger partial charge on any atom is 0.205 e. The number of hydrogen-bond donors (Lipinski definition) is 0. The molecule has 3 heterocycles. The van der Waals surface area contributed by atoms with E-state index in [1.807, 2.05) is 0 Å². The van der Waals surface area contributed by atoms with Gasteiger partial charge in [0.1, 0.15) is 11.6 Å². The number of hydrogen-bond acceptors (Lipinski definition) is 6. The zero-order valence-corrected chi connectivity index (χ0v) is 14.1. The van der Waals surface area contributed by atoms with E-state index in [4.69, 9.17) is 4.98 Å². The van der Waals surface area contributed by atoms with E-state index in [-0.39, 0.29) is 0 Å². The number of rotatable bonds is 3.